The van der Waals surface area contributed by atoms with Crippen LogP contribution in [0.15, 0.2) is 4.99 Å². The van der Waals surface area contributed by atoms with Gasteiger partial charge in [0.05, 0.1) is 30.9 Å². The summed E-state index contributed by atoms with van der Waals surface area (Å²) in [5, 5.41) is 3.28. The van der Waals surface area contributed by atoms with E-state index >= 15 is 0 Å². The van der Waals surface area contributed by atoms with Crippen molar-refractivity contribution < 1.29 is 19.1 Å². The number of fused-ring (bicyclic) bond motifs is 3. The van der Waals surface area contributed by atoms with E-state index in [9.17, 15) is 9.59 Å². The molecule has 0 spiro atoms. The van der Waals surface area contributed by atoms with Crippen LogP contribution in [-0.4, -0.2) is 95.8 Å². The van der Waals surface area contributed by atoms with Gasteiger partial charge in [-0.1, -0.05) is 12.8 Å². The molecule has 0 aromatic rings. The minimum absolute atomic E-state index is 0.00316. The van der Waals surface area contributed by atoms with Crippen molar-refractivity contribution in [2.45, 2.75) is 159 Å². The zero-order valence-electron chi connectivity index (χ0n) is 30.2. The van der Waals surface area contributed by atoms with E-state index in [2.05, 4.69) is 32.9 Å². The van der Waals surface area contributed by atoms with Crippen molar-refractivity contribution in [3.05, 3.63) is 0 Å². The number of aliphatic imine (C=N–C) groups is 1. The Labute approximate surface area is 294 Å². The smallest absolute Gasteiger partial charge is 0.407 e. The molecule has 2 amide bonds. The van der Waals surface area contributed by atoms with Crippen LogP contribution in [0.4, 0.5) is 4.79 Å². The second kappa shape index (κ2) is 15.8. The van der Waals surface area contributed by atoms with Crippen LogP contribution in [0.3, 0.4) is 0 Å². The maximum Gasteiger partial charge on any atom is 0.407 e. The van der Waals surface area contributed by atoms with Gasteiger partial charge in [0.1, 0.15) is 5.60 Å². The average Bonchev–Trinajstić information content (AvgIpc) is 3.39. The third kappa shape index (κ3) is 8.70. The van der Waals surface area contributed by atoms with Gasteiger partial charge in [-0.3, -0.25) is 14.7 Å². The van der Waals surface area contributed by atoms with Crippen LogP contribution in [0.1, 0.15) is 118 Å². The molecule has 10 nitrogen and oxygen atoms in total. The molecule has 0 radical (unpaired) electrons. The van der Waals surface area contributed by atoms with E-state index in [0.29, 0.717) is 48.6 Å². The van der Waals surface area contributed by atoms with Crippen molar-refractivity contribution >= 4 is 29.3 Å². The van der Waals surface area contributed by atoms with Gasteiger partial charge < -0.3 is 19.7 Å². The number of likely N-dealkylation sites (tertiary alicyclic amines) is 1. The van der Waals surface area contributed by atoms with Crippen LogP contribution in [0, 0.1) is 29.6 Å². The highest BCUT2D eigenvalue weighted by molar-refractivity contribution is 6.20. The molecule has 3 heterocycles. The highest BCUT2D eigenvalue weighted by atomic mass is 35.5. The predicted octanol–water partition coefficient (Wildman–Crippen LogP) is 5.83. The summed E-state index contributed by atoms with van der Waals surface area (Å²) >= 11 is 6.57. The number of carbonyl (C=O) groups excluding carboxylic acids is 2. The lowest BCUT2D eigenvalue weighted by Crippen LogP contribution is -2.55. The summed E-state index contributed by atoms with van der Waals surface area (Å²) in [5.41, 5.74) is 7.96. The minimum Gasteiger partial charge on any atom is -0.444 e. The molecule has 0 aromatic heterocycles. The number of hydrogen-bond acceptors (Lipinski definition) is 8. The van der Waals surface area contributed by atoms with Gasteiger partial charge in [-0.25, -0.2) is 15.6 Å². The maximum atomic E-state index is 14.1. The summed E-state index contributed by atoms with van der Waals surface area (Å²) in [7, 11) is 1.85. The Morgan fingerprint density at radius 1 is 0.958 bits per heavy atom. The zero-order chi connectivity index (χ0) is 34.0. The molecule has 3 aliphatic carbocycles. The molecule has 7 unspecified atom stereocenters. The number of rotatable bonds is 7. The molecule has 6 rings (SSSR count). The Bertz CT molecular complexity index is 1130. The lowest BCUT2D eigenvalue weighted by molar-refractivity contribution is -0.133. The molecule has 0 bridgehead atoms. The first-order valence-electron chi connectivity index (χ1n) is 19.3. The van der Waals surface area contributed by atoms with Crippen molar-refractivity contribution in [1.82, 2.24) is 26.0 Å². The number of amides is 2. The van der Waals surface area contributed by atoms with E-state index in [4.69, 9.17) is 26.1 Å². The molecule has 6 aliphatic rings. The third-order valence-corrected chi connectivity index (χ3v) is 13.0. The Balaban J connectivity index is 1.09. The number of piperidine rings is 1. The number of ether oxygens (including phenoxy) is 2. The number of alkyl halides is 1. The number of alkyl carbamates (subject to hydrolysis) is 1. The van der Waals surface area contributed by atoms with E-state index in [1.165, 1.54) is 18.6 Å². The van der Waals surface area contributed by atoms with E-state index in [1.807, 2.05) is 27.9 Å². The van der Waals surface area contributed by atoms with Crippen molar-refractivity contribution in [1.29, 1.82) is 0 Å². The monoisotopic (exact) mass is 690 g/mol. The van der Waals surface area contributed by atoms with Gasteiger partial charge in [-0.05, 0) is 122 Å². The van der Waals surface area contributed by atoms with E-state index < -0.39 is 5.60 Å². The predicted molar refractivity (Wildman–Crippen MR) is 190 cm³/mol. The molecule has 0 aromatic carbocycles. The fourth-order valence-electron chi connectivity index (χ4n) is 10.1. The third-order valence-electron chi connectivity index (χ3n) is 12.5. The summed E-state index contributed by atoms with van der Waals surface area (Å²) in [5.74, 6) is 2.85. The number of nitrogens with one attached hydrogen (secondary N) is 3. The van der Waals surface area contributed by atoms with Crippen molar-refractivity contribution in [2.75, 3.05) is 26.7 Å². The summed E-state index contributed by atoms with van der Waals surface area (Å²) in [4.78, 5) is 36.7. The Kier molecular flexibility index (Phi) is 12.0. The van der Waals surface area contributed by atoms with Crippen molar-refractivity contribution in [3.63, 3.8) is 0 Å². The van der Waals surface area contributed by atoms with Crippen LogP contribution in [0.5, 0.6) is 0 Å². The molecule has 3 saturated carbocycles. The molecule has 8 atom stereocenters. The number of hydrazine groups is 1. The average molecular weight is 691 g/mol. The van der Waals surface area contributed by atoms with Crippen molar-refractivity contribution in [3.8, 4) is 0 Å². The molecule has 272 valence electrons. The molecular weight excluding hydrogens is 628 g/mol. The summed E-state index contributed by atoms with van der Waals surface area (Å²) in [6, 6.07) is 0.264. The zero-order valence-corrected chi connectivity index (χ0v) is 31.0. The highest BCUT2D eigenvalue weighted by Gasteiger charge is 2.50. The Morgan fingerprint density at radius 3 is 2.42 bits per heavy atom. The second-order valence-electron chi connectivity index (χ2n) is 16.9. The SMILES string of the molecule is COC1CCC2C(C1)C(C1CCC(Cl)CC1)=N[C@@H](CC(=O)N1CCC(C3CCCC(CNC(=O)OC(C)(C)C)C3)CC1)C1NNC(C)N21. The first kappa shape index (κ1) is 36.3. The molecule has 48 heavy (non-hydrogen) atoms. The molecule has 2 saturated heterocycles. The number of halogens is 1. The van der Waals surface area contributed by atoms with Crippen LogP contribution >= 0.6 is 11.6 Å². The fraction of sp³-hybridized carbons (Fsp3) is 0.919. The van der Waals surface area contributed by atoms with Crippen LogP contribution in [0.2, 0.25) is 0 Å². The van der Waals surface area contributed by atoms with Gasteiger partial charge in [-0.2, -0.15) is 0 Å². The van der Waals surface area contributed by atoms with Crippen LogP contribution in [0.25, 0.3) is 0 Å². The summed E-state index contributed by atoms with van der Waals surface area (Å²) < 4.78 is 11.4. The normalized spacial score (nSPS) is 38.4. The quantitative estimate of drug-likeness (QED) is 0.289. The lowest BCUT2D eigenvalue weighted by Gasteiger charge is -2.44. The molecular formula is C37H63ClN6O4. The van der Waals surface area contributed by atoms with E-state index in [-0.39, 0.29) is 41.9 Å². The highest BCUT2D eigenvalue weighted by Crippen LogP contribution is 2.43. The first-order chi connectivity index (χ1) is 23.0. The summed E-state index contributed by atoms with van der Waals surface area (Å²) in [6.45, 7) is 10.3. The second-order valence-corrected chi connectivity index (χ2v) is 17.5. The molecule has 3 aliphatic heterocycles. The van der Waals surface area contributed by atoms with E-state index in [0.717, 1.165) is 83.7 Å². The van der Waals surface area contributed by atoms with Gasteiger partial charge in [0, 0.05) is 49.8 Å². The van der Waals surface area contributed by atoms with Gasteiger partial charge in [-0.15, -0.1) is 11.6 Å². The maximum absolute atomic E-state index is 14.1. The van der Waals surface area contributed by atoms with Crippen molar-refractivity contribution in [2.24, 2.45) is 34.6 Å². The number of carbonyl (C=O) groups is 2. The number of methoxy groups -OCH3 is 1. The van der Waals surface area contributed by atoms with Gasteiger partial charge in [0.2, 0.25) is 5.91 Å². The fourth-order valence-corrected chi connectivity index (χ4v) is 10.3. The lowest BCUT2D eigenvalue weighted by atomic mass is 9.72. The topological polar surface area (TPSA) is 108 Å². The largest absolute Gasteiger partial charge is 0.444 e. The Hall–Kier alpha value is -1.46. The summed E-state index contributed by atoms with van der Waals surface area (Å²) in [6.07, 6.45) is 14.9. The minimum atomic E-state index is -0.479. The standard InChI is InChI=1S/C37H63ClN6O4/c1-23-41-42-35-31(40-34(26-9-11-28(38)12-10-26)30-20-29(47-5)13-14-32(30)44(23)35)21-33(45)43-17-15-25(16-18-43)27-8-6-7-24(19-27)22-39-36(46)48-37(2,3)4/h23-32,35,41-42H,6-22H2,1-5H3,(H,39,46)/t23?,24?,26?,27?,28?,29?,30?,31-,32?,35?/m0/s1. The molecule has 5 fully saturated rings. The van der Waals surface area contributed by atoms with Crippen LogP contribution in [-0.2, 0) is 14.3 Å². The molecule has 11 heteroatoms. The number of nitrogens with zero attached hydrogens (tertiary/aromatic N) is 3. The van der Waals surface area contributed by atoms with E-state index in [1.54, 1.807) is 0 Å². The van der Waals surface area contributed by atoms with Gasteiger partial charge in [0.25, 0.3) is 0 Å². The number of hydrogen-bond donors (Lipinski definition) is 3. The first-order valence-corrected chi connectivity index (χ1v) is 19.7. The van der Waals surface area contributed by atoms with Crippen LogP contribution < -0.4 is 16.2 Å². The molecule has 3 N–H and O–H groups in total. The Morgan fingerprint density at radius 2 is 1.71 bits per heavy atom. The van der Waals surface area contributed by atoms with Gasteiger partial charge in [0.15, 0.2) is 0 Å². The van der Waals surface area contributed by atoms with Gasteiger partial charge >= 0.3 is 6.09 Å².